The Morgan fingerprint density at radius 3 is 2.50 bits per heavy atom. The van der Waals surface area contributed by atoms with Crippen molar-refractivity contribution in [3.8, 4) is 0 Å². The summed E-state index contributed by atoms with van der Waals surface area (Å²) in [5, 5.41) is 11.4. The third-order valence-electron chi connectivity index (χ3n) is 4.05. The Labute approximate surface area is 129 Å². The maximum Gasteiger partial charge on any atom is 0.254 e. The first kappa shape index (κ1) is 14.3. The lowest BCUT2D eigenvalue weighted by Crippen LogP contribution is -2.55. The van der Waals surface area contributed by atoms with E-state index in [9.17, 15) is 14.7 Å². The highest BCUT2D eigenvalue weighted by molar-refractivity contribution is 5.99. The fourth-order valence-corrected chi connectivity index (χ4v) is 2.88. The number of carbonyl (C=O) groups excluding carboxylic acids is 2. The van der Waals surface area contributed by atoms with Crippen LogP contribution in [0, 0.1) is 0 Å². The van der Waals surface area contributed by atoms with E-state index in [1.54, 1.807) is 18.2 Å². The van der Waals surface area contributed by atoms with E-state index < -0.39 is 12.0 Å². The molecule has 22 heavy (non-hydrogen) atoms. The van der Waals surface area contributed by atoms with Gasteiger partial charge in [0.15, 0.2) is 0 Å². The van der Waals surface area contributed by atoms with Gasteiger partial charge in [-0.3, -0.25) is 4.79 Å². The van der Waals surface area contributed by atoms with Crippen molar-refractivity contribution in [2.75, 3.05) is 6.54 Å². The van der Waals surface area contributed by atoms with Crippen LogP contribution in [0.3, 0.4) is 0 Å². The van der Waals surface area contributed by atoms with Gasteiger partial charge < -0.3 is 14.8 Å². The summed E-state index contributed by atoms with van der Waals surface area (Å²) in [7, 11) is 0. The van der Waals surface area contributed by atoms with Gasteiger partial charge in [-0.15, -0.1) is 0 Å². The molecule has 0 N–H and O–H groups in total. The van der Waals surface area contributed by atoms with E-state index in [1.165, 1.54) is 4.90 Å². The van der Waals surface area contributed by atoms with Crippen molar-refractivity contribution in [3.05, 3.63) is 71.3 Å². The molecule has 1 heterocycles. The Bertz CT molecular complexity index is 696. The zero-order chi connectivity index (χ0) is 15.5. The van der Waals surface area contributed by atoms with Gasteiger partial charge >= 0.3 is 0 Å². The number of carboxylic acids is 1. The Kier molecular flexibility index (Phi) is 3.92. The highest BCUT2D eigenvalue weighted by atomic mass is 16.4. The number of benzene rings is 2. The molecular formula is C18H16NO3-. The van der Waals surface area contributed by atoms with Gasteiger partial charge in [-0.05, 0) is 30.0 Å². The van der Waals surface area contributed by atoms with Crippen LogP contribution in [-0.4, -0.2) is 29.4 Å². The number of rotatable bonds is 4. The van der Waals surface area contributed by atoms with Gasteiger partial charge in [0.25, 0.3) is 5.91 Å². The van der Waals surface area contributed by atoms with Gasteiger partial charge in [0.1, 0.15) is 0 Å². The molecule has 0 radical (unpaired) electrons. The lowest BCUT2D eigenvalue weighted by atomic mass is 9.93. The Balaban J connectivity index is 1.84. The highest BCUT2D eigenvalue weighted by Gasteiger charge is 2.32. The second-order valence-corrected chi connectivity index (χ2v) is 5.43. The van der Waals surface area contributed by atoms with Crippen molar-refractivity contribution in [1.82, 2.24) is 4.90 Å². The van der Waals surface area contributed by atoms with Crippen molar-refractivity contribution in [2.24, 2.45) is 0 Å². The van der Waals surface area contributed by atoms with E-state index in [0.717, 1.165) is 11.1 Å². The predicted molar refractivity (Wildman–Crippen MR) is 80.1 cm³/mol. The molecule has 0 saturated heterocycles. The summed E-state index contributed by atoms with van der Waals surface area (Å²) >= 11 is 0. The zero-order valence-electron chi connectivity index (χ0n) is 12.1. The minimum atomic E-state index is -1.20. The average molecular weight is 294 g/mol. The molecule has 2 aromatic rings. The first-order valence-electron chi connectivity index (χ1n) is 7.30. The number of carboxylic acid groups (broad SMARTS) is 1. The second kappa shape index (κ2) is 6.02. The quantitative estimate of drug-likeness (QED) is 0.846. The minimum Gasteiger partial charge on any atom is -0.548 e. The normalized spacial score (nSPS) is 17.2. The molecule has 4 heteroatoms. The zero-order valence-corrected chi connectivity index (χ0v) is 12.1. The largest absolute Gasteiger partial charge is 0.548 e. The molecule has 0 saturated carbocycles. The predicted octanol–water partition coefficient (Wildman–Crippen LogP) is 1.05. The Morgan fingerprint density at radius 2 is 1.77 bits per heavy atom. The van der Waals surface area contributed by atoms with Gasteiger partial charge in [0, 0.05) is 12.1 Å². The number of carbonyl (C=O) groups is 2. The van der Waals surface area contributed by atoms with E-state index in [4.69, 9.17) is 0 Å². The summed E-state index contributed by atoms with van der Waals surface area (Å²) in [6, 6.07) is 16.0. The molecule has 0 spiro atoms. The third kappa shape index (κ3) is 2.72. The van der Waals surface area contributed by atoms with Crippen molar-refractivity contribution in [3.63, 3.8) is 0 Å². The van der Waals surface area contributed by atoms with Crippen LogP contribution >= 0.6 is 0 Å². The van der Waals surface area contributed by atoms with Crippen LogP contribution in [0.4, 0.5) is 0 Å². The maximum atomic E-state index is 12.6. The molecule has 3 rings (SSSR count). The molecule has 0 unspecified atom stereocenters. The molecule has 4 nitrogen and oxygen atoms in total. The summed E-state index contributed by atoms with van der Waals surface area (Å²) < 4.78 is 0. The molecule has 0 aliphatic carbocycles. The van der Waals surface area contributed by atoms with Gasteiger partial charge in [-0.2, -0.15) is 0 Å². The van der Waals surface area contributed by atoms with Crippen molar-refractivity contribution in [1.29, 1.82) is 0 Å². The lowest BCUT2D eigenvalue weighted by Gasteiger charge is -2.37. The number of hydrogen-bond donors (Lipinski definition) is 0. The van der Waals surface area contributed by atoms with Crippen molar-refractivity contribution in [2.45, 2.75) is 18.9 Å². The van der Waals surface area contributed by atoms with Crippen LogP contribution < -0.4 is 5.11 Å². The summed E-state index contributed by atoms with van der Waals surface area (Å²) in [6.07, 6.45) is 0.928. The van der Waals surface area contributed by atoms with Crippen LogP contribution in [0.2, 0.25) is 0 Å². The fraction of sp³-hybridized carbons (Fsp3) is 0.222. The van der Waals surface area contributed by atoms with Crippen LogP contribution in [-0.2, 0) is 17.6 Å². The lowest BCUT2D eigenvalue weighted by molar-refractivity contribution is -0.311. The van der Waals surface area contributed by atoms with E-state index >= 15 is 0 Å². The molecular weight excluding hydrogens is 278 g/mol. The number of amides is 1. The van der Waals surface area contributed by atoms with Crippen LogP contribution in [0.5, 0.6) is 0 Å². The fourth-order valence-electron chi connectivity index (χ4n) is 2.88. The smallest absolute Gasteiger partial charge is 0.254 e. The summed E-state index contributed by atoms with van der Waals surface area (Å²) in [6.45, 7) is 0.371. The van der Waals surface area contributed by atoms with Crippen LogP contribution in [0.25, 0.3) is 0 Å². The van der Waals surface area contributed by atoms with E-state index in [2.05, 4.69) is 0 Å². The molecule has 112 valence electrons. The number of hydrogen-bond acceptors (Lipinski definition) is 3. The van der Waals surface area contributed by atoms with Gasteiger partial charge in [0.05, 0.1) is 12.0 Å². The van der Waals surface area contributed by atoms with E-state index in [0.29, 0.717) is 24.9 Å². The van der Waals surface area contributed by atoms with Crippen LogP contribution in [0.15, 0.2) is 54.6 Å². The number of fused-ring (bicyclic) bond motifs is 1. The summed E-state index contributed by atoms with van der Waals surface area (Å²) in [5.41, 5.74) is 2.44. The highest BCUT2D eigenvalue weighted by Crippen LogP contribution is 2.23. The van der Waals surface area contributed by atoms with Crippen molar-refractivity contribution < 1.29 is 14.7 Å². The van der Waals surface area contributed by atoms with Crippen molar-refractivity contribution >= 4 is 11.9 Å². The SMILES string of the molecule is O=C([O-])[C@@H]1Cc2ccccc2C(=O)N1CCc1ccccc1. The molecule has 1 aliphatic rings. The number of nitrogens with zero attached hydrogens (tertiary/aromatic N) is 1. The maximum absolute atomic E-state index is 12.6. The molecule has 0 fully saturated rings. The summed E-state index contributed by atoms with van der Waals surface area (Å²) in [5.74, 6) is -1.43. The second-order valence-electron chi connectivity index (χ2n) is 5.43. The monoisotopic (exact) mass is 294 g/mol. The molecule has 1 atom stereocenters. The van der Waals surface area contributed by atoms with E-state index in [-0.39, 0.29) is 5.91 Å². The van der Waals surface area contributed by atoms with Gasteiger partial charge in [0.2, 0.25) is 0 Å². The topological polar surface area (TPSA) is 60.4 Å². The third-order valence-corrected chi connectivity index (χ3v) is 4.05. The average Bonchev–Trinajstić information content (AvgIpc) is 2.54. The molecule has 1 amide bonds. The van der Waals surface area contributed by atoms with E-state index in [1.807, 2.05) is 36.4 Å². The standard InChI is InChI=1S/C18H17NO3/c20-17-15-9-5-4-8-14(15)12-16(18(21)22)19(17)11-10-13-6-2-1-3-7-13/h1-9,16H,10-12H2,(H,21,22)/p-1/t16-/m0/s1. The first-order chi connectivity index (χ1) is 10.7. The Morgan fingerprint density at radius 1 is 1.09 bits per heavy atom. The molecule has 0 bridgehead atoms. The molecule has 2 aromatic carbocycles. The Hall–Kier alpha value is -2.62. The minimum absolute atomic E-state index is 0.230. The number of aliphatic carboxylic acids is 1. The van der Waals surface area contributed by atoms with Gasteiger partial charge in [-0.1, -0.05) is 48.5 Å². The van der Waals surface area contributed by atoms with Gasteiger partial charge in [-0.25, -0.2) is 0 Å². The van der Waals surface area contributed by atoms with Crippen LogP contribution in [0.1, 0.15) is 21.5 Å². The first-order valence-corrected chi connectivity index (χ1v) is 7.30. The summed E-state index contributed by atoms with van der Waals surface area (Å²) in [4.78, 5) is 25.4. The molecule has 0 aromatic heterocycles. The molecule has 1 aliphatic heterocycles.